The summed E-state index contributed by atoms with van der Waals surface area (Å²) in [6.45, 7) is 9.04. The predicted molar refractivity (Wildman–Crippen MR) is 125 cm³/mol. The number of ether oxygens (including phenoxy) is 1. The van der Waals surface area contributed by atoms with Crippen LogP contribution in [0.4, 0.5) is 0 Å². The van der Waals surface area contributed by atoms with E-state index in [1.807, 2.05) is 0 Å². The maximum atomic E-state index is 9.73. The van der Waals surface area contributed by atoms with Gasteiger partial charge in [-0.1, -0.05) is 45.2 Å². The largest absolute Gasteiger partial charge is 0.492 e. The molecule has 0 aromatic heterocycles. The van der Waals surface area contributed by atoms with Gasteiger partial charge in [-0.3, -0.25) is 4.90 Å². The molecule has 0 aliphatic rings. The monoisotopic (exact) mass is 406 g/mol. The number of aryl methyl sites for hydroxylation is 1. The Labute approximate surface area is 179 Å². The molecule has 0 bridgehead atoms. The first-order valence-electron chi connectivity index (χ1n) is 12.0. The first kappa shape index (κ1) is 25.9. The second-order valence-electron chi connectivity index (χ2n) is 8.20. The number of hydrogen-bond acceptors (Lipinski definition) is 4. The first-order chi connectivity index (χ1) is 14.2. The highest BCUT2D eigenvalue weighted by atomic mass is 16.5. The summed E-state index contributed by atoms with van der Waals surface area (Å²) in [6, 6.07) is 8.53. The van der Waals surface area contributed by atoms with E-state index in [2.05, 4.69) is 43.0 Å². The second-order valence-corrected chi connectivity index (χ2v) is 8.20. The lowest BCUT2D eigenvalue weighted by molar-refractivity contribution is 0.152. The highest BCUT2D eigenvalue weighted by Gasteiger charge is 2.07. The number of nitrogens with zero attached hydrogens (tertiary/aromatic N) is 1. The lowest BCUT2D eigenvalue weighted by Crippen LogP contribution is -2.30. The summed E-state index contributed by atoms with van der Waals surface area (Å²) in [7, 11) is 0. The minimum Gasteiger partial charge on any atom is -0.492 e. The Hall–Kier alpha value is -1.10. The number of unbranched alkanes of at least 4 members (excludes halogenated alkanes) is 5. The number of aliphatic hydroxyl groups excluding tert-OH is 1. The molecule has 1 unspecified atom stereocenters. The molecule has 4 heteroatoms. The third-order valence-corrected chi connectivity index (χ3v) is 5.58. The van der Waals surface area contributed by atoms with Crippen molar-refractivity contribution in [1.29, 1.82) is 0 Å². The molecule has 0 aliphatic carbocycles. The van der Waals surface area contributed by atoms with Crippen LogP contribution in [0.2, 0.25) is 0 Å². The van der Waals surface area contributed by atoms with Gasteiger partial charge in [0, 0.05) is 6.54 Å². The molecule has 3 N–H and O–H groups in total. The van der Waals surface area contributed by atoms with Crippen LogP contribution in [0.25, 0.3) is 0 Å². The van der Waals surface area contributed by atoms with Gasteiger partial charge in [0.05, 0.1) is 6.10 Å². The maximum Gasteiger partial charge on any atom is 0.119 e. The average Bonchev–Trinajstić information content (AvgIpc) is 2.74. The van der Waals surface area contributed by atoms with E-state index in [1.54, 1.807) is 0 Å². The van der Waals surface area contributed by atoms with Crippen LogP contribution < -0.4 is 10.5 Å². The Morgan fingerprint density at radius 1 is 0.897 bits per heavy atom. The molecular weight excluding hydrogens is 360 g/mol. The minimum absolute atomic E-state index is 0.130. The Morgan fingerprint density at radius 3 is 2.28 bits per heavy atom. The SMILES string of the molecule is CCCCCCN(CCCCC(O)CC)CCOc1ccc(CCCCN)cc1. The van der Waals surface area contributed by atoms with E-state index in [0.29, 0.717) is 0 Å². The van der Waals surface area contributed by atoms with Crippen LogP contribution in [0.5, 0.6) is 5.75 Å². The smallest absolute Gasteiger partial charge is 0.119 e. The van der Waals surface area contributed by atoms with E-state index < -0.39 is 0 Å². The Balaban J connectivity index is 2.32. The fraction of sp³-hybridized carbons (Fsp3) is 0.760. The Morgan fingerprint density at radius 2 is 1.62 bits per heavy atom. The molecule has 0 heterocycles. The van der Waals surface area contributed by atoms with Gasteiger partial charge in [-0.15, -0.1) is 0 Å². The lowest BCUT2D eigenvalue weighted by Gasteiger charge is -2.22. The van der Waals surface area contributed by atoms with Crippen molar-refractivity contribution in [3.8, 4) is 5.75 Å². The molecule has 4 nitrogen and oxygen atoms in total. The molecular formula is C25H46N2O2. The molecule has 1 aromatic rings. The van der Waals surface area contributed by atoms with Gasteiger partial charge in [0.15, 0.2) is 0 Å². The number of hydrogen-bond donors (Lipinski definition) is 2. The number of benzene rings is 1. The zero-order valence-corrected chi connectivity index (χ0v) is 19.1. The van der Waals surface area contributed by atoms with Crippen molar-refractivity contribution in [2.75, 3.05) is 32.8 Å². The van der Waals surface area contributed by atoms with Crippen LogP contribution in [0.1, 0.15) is 83.6 Å². The summed E-state index contributed by atoms with van der Waals surface area (Å²) in [6.07, 6.45) is 12.4. The van der Waals surface area contributed by atoms with Crippen LogP contribution in [-0.2, 0) is 6.42 Å². The minimum atomic E-state index is -0.130. The third-order valence-electron chi connectivity index (χ3n) is 5.58. The van der Waals surface area contributed by atoms with E-state index in [0.717, 1.165) is 83.5 Å². The van der Waals surface area contributed by atoms with Gasteiger partial charge in [-0.25, -0.2) is 0 Å². The quantitative estimate of drug-likeness (QED) is 0.311. The van der Waals surface area contributed by atoms with Gasteiger partial charge < -0.3 is 15.6 Å². The average molecular weight is 407 g/mol. The van der Waals surface area contributed by atoms with Gasteiger partial charge in [-0.05, 0) is 88.7 Å². The second kappa shape index (κ2) is 17.7. The molecule has 0 spiro atoms. The van der Waals surface area contributed by atoms with Crippen molar-refractivity contribution >= 4 is 0 Å². The molecule has 0 fully saturated rings. The van der Waals surface area contributed by atoms with Gasteiger partial charge in [0.25, 0.3) is 0 Å². The zero-order chi connectivity index (χ0) is 21.2. The first-order valence-corrected chi connectivity index (χ1v) is 12.0. The molecule has 0 radical (unpaired) electrons. The number of rotatable bonds is 19. The predicted octanol–water partition coefficient (Wildman–Crippen LogP) is 5.17. The molecule has 0 saturated carbocycles. The highest BCUT2D eigenvalue weighted by Crippen LogP contribution is 2.14. The van der Waals surface area contributed by atoms with Gasteiger partial charge in [0.2, 0.25) is 0 Å². The van der Waals surface area contributed by atoms with Crippen molar-refractivity contribution < 1.29 is 9.84 Å². The van der Waals surface area contributed by atoms with Gasteiger partial charge >= 0.3 is 0 Å². The third kappa shape index (κ3) is 13.7. The van der Waals surface area contributed by atoms with E-state index in [9.17, 15) is 5.11 Å². The molecule has 0 aliphatic heterocycles. The van der Waals surface area contributed by atoms with E-state index in [1.165, 1.54) is 31.2 Å². The van der Waals surface area contributed by atoms with Crippen LogP contribution in [0.3, 0.4) is 0 Å². The van der Waals surface area contributed by atoms with E-state index in [-0.39, 0.29) is 6.10 Å². The summed E-state index contributed by atoms with van der Waals surface area (Å²) in [4.78, 5) is 2.54. The summed E-state index contributed by atoms with van der Waals surface area (Å²) in [5.74, 6) is 0.963. The molecule has 168 valence electrons. The van der Waals surface area contributed by atoms with Crippen molar-refractivity contribution in [2.24, 2.45) is 5.73 Å². The normalized spacial score (nSPS) is 12.4. The van der Waals surface area contributed by atoms with Crippen molar-refractivity contribution in [3.05, 3.63) is 29.8 Å². The van der Waals surface area contributed by atoms with Crippen LogP contribution >= 0.6 is 0 Å². The molecule has 1 aromatic carbocycles. The topological polar surface area (TPSA) is 58.7 Å². The summed E-state index contributed by atoms with van der Waals surface area (Å²) in [5, 5.41) is 9.73. The van der Waals surface area contributed by atoms with Gasteiger partial charge in [-0.2, -0.15) is 0 Å². The fourth-order valence-electron chi connectivity index (χ4n) is 3.54. The maximum absolute atomic E-state index is 9.73. The molecule has 0 amide bonds. The van der Waals surface area contributed by atoms with Crippen molar-refractivity contribution in [2.45, 2.75) is 90.6 Å². The molecule has 1 atom stereocenters. The standard InChI is InChI=1S/C25H46N2O2/c1-3-5-6-10-19-27(20-11-8-13-24(28)4-2)21-22-29-25-16-14-23(15-17-25)12-7-9-18-26/h14-17,24,28H,3-13,18-22,26H2,1-2H3. The summed E-state index contributed by atoms with van der Waals surface area (Å²) < 4.78 is 6.00. The highest BCUT2D eigenvalue weighted by molar-refractivity contribution is 5.27. The summed E-state index contributed by atoms with van der Waals surface area (Å²) in [5.41, 5.74) is 6.92. The molecule has 29 heavy (non-hydrogen) atoms. The lowest BCUT2D eigenvalue weighted by atomic mass is 10.1. The van der Waals surface area contributed by atoms with Crippen LogP contribution in [0, 0.1) is 0 Å². The van der Waals surface area contributed by atoms with E-state index in [4.69, 9.17) is 10.5 Å². The van der Waals surface area contributed by atoms with E-state index >= 15 is 0 Å². The molecule has 0 saturated heterocycles. The Bertz CT molecular complexity index is 478. The number of nitrogens with two attached hydrogens (primary N) is 1. The zero-order valence-electron chi connectivity index (χ0n) is 19.1. The fourth-order valence-corrected chi connectivity index (χ4v) is 3.54. The van der Waals surface area contributed by atoms with Gasteiger partial charge in [0.1, 0.15) is 12.4 Å². The number of aliphatic hydroxyl groups is 1. The van der Waals surface area contributed by atoms with Crippen molar-refractivity contribution in [3.63, 3.8) is 0 Å². The molecule has 1 rings (SSSR count). The van der Waals surface area contributed by atoms with Crippen LogP contribution in [-0.4, -0.2) is 48.9 Å². The summed E-state index contributed by atoms with van der Waals surface area (Å²) >= 11 is 0. The Kier molecular flexibility index (Phi) is 15.9. The van der Waals surface area contributed by atoms with Crippen molar-refractivity contribution in [1.82, 2.24) is 4.90 Å². The van der Waals surface area contributed by atoms with Crippen LogP contribution in [0.15, 0.2) is 24.3 Å².